The van der Waals surface area contributed by atoms with Crippen LogP contribution in [0, 0.1) is 5.82 Å². The number of carbonyl (C=O) groups is 1. The molecule has 0 spiro atoms. The molecule has 158 valence electrons. The number of anilines is 1. The summed E-state index contributed by atoms with van der Waals surface area (Å²) >= 11 is 0. The van der Waals surface area contributed by atoms with Crippen LogP contribution in [0.15, 0.2) is 46.6 Å². The number of amides is 1. The number of ether oxygens (including phenoxy) is 1. The summed E-state index contributed by atoms with van der Waals surface area (Å²) in [6.45, 7) is 3.93. The molecule has 1 aromatic heterocycles. The first-order chi connectivity index (χ1) is 15.0. The third kappa shape index (κ3) is 4.20. The molecule has 0 unspecified atom stereocenters. The van der Waals surface area contributed by atoms with Crippen LogP contribution >= 0.6 is 0 Å². The number of aromatic nitrogens is 2. The van der Waals surface area contributed by atoms with E-state index in [1.807, 2.05) is 26.0 Å². The summed E-state index contributed by atoms with van der Waals surface area (Å²) < 4.78 is 18.8. The number of carbonyl (C=O) groups excluding carboxylic acids is 1. The van der Waals surface area contributed by atoms with Gasteiger partial charge in [-0.25, -0.2) is 9.18 Å². The normalized spacial score (nSPS) is 13.0. The van der Waals surface area contributed by atoms with Gasteiger partial charge >= 0.3 is 12.1 Å². The molecular weight excluding hydrogens is 399 g/mol. The monoisotopic (exact) mass is 420 g/mol. The first-order valence-corrected chi connectivity index (χ1v) is 9.84. The van der Waals surface area contributed by atoms with Crippen molar-refractivity contribution in [1.82, 2.24) is 15.3 Å². The fraction of sp³-hybridized carbons (Fsp3) is 0.227. The van der Waals surface area contributed by atoms with Gasteiger partial charge in [0.05, 0.1) is 10.9 Å². The number of hydrogen-bond acceptors (Lipinski definition) is 7. The zero-order valence-electron chi connectivity index (χ0n) is 17.4. The summed E-state index contributed by atoms with van der Waals surface area (Å²) in [4.78, 5) is 20.6. The highest BCUT2D eigenvalue weighted by atomic mass is 19.1. The molecule has 1 aliphatic heterocycles. The van der Waals surface area contributed by atoms with Crippen molar-refractivity contribution in [1.29, 1.82) is 0 Å². The molecule has 1 aliphatic rings. The summed E-state index contributed by atoms with van der Waals surface area (Å²) in [6, 6.07) is 10.0. The number of aryl methyl sites for hydroxylation is 1. The zero-order chi connectivity index (χ0) is 22.0. The van der Waals surface area contributed by atoms with E-state index in [0.29, 0.717) is 23.6 Å². The predicted molar refractivity (Wildman–Crippen MR) is 118 cm³/mol. The van der Waals surface area contributed by atoms with Gasteiger partial charge in [-0.3, -0.25) is 0 Å². The smallest absolute Gasteiger partial charge is 0.374 e. The van der Waals surface area contributed by atoms with Crippen molar-refractivity contribution >= 4 is 34.4 Å². The lowest BCUT2D eigenvalue weighted by molar-refractivity contribution is 0.199. The lowest BCUT2D eigenvalue weighted by Crippen LogP contribution is -2.23. The second-order valence-electron chi connectivity index (χ2n) is 7.03. The van der Waals surface area contributed by atoms with Crippen LogP contribution in [0.3, 0.4) is 0 Å². The lowest BCUT2D eigenvalue weighted by atomic mass is 9.94. The summed E-state index contributed by atoms with van der Waals surface area (Å²) in [5.41, 5.74) is 4.20. The summed E-state index contributed by atoms with van der Waals surface area (Å²) in [5.74, 6) is 0.739. The largest absolute Gasteiger partial charge is 0.414 e. The van der Waals surface area contributed by atoms with E-state index in [0.717, 1.165) is 34.2 Å². The van der Waals surface area contributed by atoms with Gasteiger partial charge in [-0.1, -0.05) is 25.1 Å². The molecular formula is C22H21FN6O2. The number of rotatable bonds is 4. The summed E-state index contributed by atoms with van der Waals surface area (Å²) in [6.07, 6.45) is 0.629. The molecule has 0 saturated heterocycles. The maximum Gasteiger partial charge on any atom is 0.414 e. The fourth-order valence-corrected chi connectivity index (χ4v) is 3.42. The third-order valence-corrected chi connectivity index (χ3v) is 4.86. The van der Waals surface area contributed by atoms with E-state index in [1.165, 1.54) is 19.2 Å². The molecule has 2 N–H and O–H groups in total. The number of amidine groups is 1. The number of halogens is 1. The Kier molecular flexibility index (Phi) is 5.57. The second-order valence-corrected chi connectivity index (χ2v) is 7.03. The van der Waals surface area contributed by atoms with Crippen LogP contribution in [-0.2, 0) is 6.42 Å². The van der Waals surface area contributed by atoms with Crippen molar-refractivity contribution in [2.75, 3.05) is 12.4 Å². The molecule has 2 heterocycles. The Morgan fingerprint density at radius 2 is 1.90 bits per heavy atom. The quantitative estimate of drug-likeness (QED) is 0.655. The molecule has 3 aromatic rings. The van der Waals surface area contributed by atoms with E-state index in [4.69, 9.17) is 4.74 Å². The fourth-order valence-electron chi connectivity index (χ4n) is 3.42. The van der Waals surface area contributed by atoms with Crippen molar-refractivity contribution < 1.29 is 13.9 Å². The molecule has 2 aromatic carbocycles. The Balaban J connectivity index is 1.94. The standard InChI is InChI=1S/C22H21FN6O2/c1-4-13-7-10-16-19(18(13)14-5-8-15(23)9-6-14)20(26-17-11-12(2)28-29-17)27-21(25-16)31-22(30)24-3/h5-10H,4,11H2,1-3H3,(H,24,30)(H,25,26,27,29). The molecule has 0 bridgehead atoms. The Hall–Kier alpha value is -3.88. The van der Waals surface area contributed by atoms with Gasteiger partial charge in [-0.15, -0.1) is 5.10 Å². The maximum absolute atomic E-state index is 13.6. The Labute approximate surface area is 178 Å². The van der Waals surface area contributed by atoms with Gasteiger partial charge in [-0.2, -0.15) is 15.1 Å². The van der Waals surface area contributed by atoms with Gasteiger partial charge in [0, 0.05) is 19.2 Å². The minimum absolute atomic E-state index is 0.0973. The van der Waals surface area contributed by atoms with Crippen molar-refractivity contribution in [2.24, 2.45) is 10.2 Å². The van der Waals surface area contributed by atoms with E-state index < -0.39 is 6.09 Å². The molecule has 8 nitrogen and oxygen atoms in total. The van der Waals surface area contributed by atoms with Crippen molar-refractivity contribution in [3.8, 4) is 17.1 Å². The number of nitrogens with zero attached hydrogens (tertiary/aromatic N) is 4. The van der Waals surface area contributed by atoms with Gasteiger partial charge in [0.25, 0.3) is 0 Å². The van der Waals surface area contributed by atoms with E-state index in [1.54, 1.807) is 12.1 Å². The highest BCUT2D eigenvalue weighted by Crippen LogP contribution is 2.37. The van der Waals surface area contributed by atoms with Crippen molar-refractivity contribution in [2.45, 2.75) is 26.7 Å². The van der Waals surface area contributed by atoms with E-state index >= 15 is 0 Å². The predicted octanol–water partition coefficient (Wildman–Crippen LogP) is 4.31. The number of hydrogen-bond donors (Lipinski definition) is 2. The molecule has 9 heteroatoms. The Morgan fingerprint density at radius 1 is 1.13 bits per heavy atom. The zero-order valence-corrected chi connectivity index (χ0v) is 17.4. The van der Waals surface area contributed by atoms with E-state index in [2.05, 4.69) is 30.8 Å². The molecule has 31 heavy (non-hydrogen) atoms. The van der Waals surface area contributed by atoms with Gasteiger partial charge < -0.3 is 15.4 Å². The number of nitrogens with one attached hydrogen (secondary N) is 2. The minimum Gasteiger partial charge on any atom is -0.374 e. The second kappa shape index (κ2) is 8.47. The van der Waals surface area contributed by atoms with Crippen molar-refractivity contribution in [3.05, 3.63) is 47.8 Å². The van der Waals surface area contributed by atoms with Gasteiger partial charge in [0.2, 0.25) is 0 Å². The third-order valence-electron chi connectivity index (χ3n) is 4.86. The van der Waals surface area contributed by atoms with Gasteiger partial charge in [-0.05, 0) is 48.2 Å². The number of fused-ring (bicyclic) bond motifs is 1. The van der Waals surface area contributed by atoms with E-state index in [-0.39, 0.29) is 11.8 Å². The molecule has 0 saturated carbocycles. The van der Waals surface area contributed by atoms with Crippen LogP contribution in [0.2, 0.25) is 0 Å². The van der Waals surface area contributed by atoms with E-state index in [9.17, 15) is 9.18 Å². The molecule has 1 amide bonds. The highest BCUT2D eigenvalue weighted by Gasteiger charge is 2.20. The average molecular weight is 420 g/mol. The van der Waals surface area contributed by atoms with Crippen LogP contribution in [0.1, 0.15) is 25.8 Å². The van der Waals surface area contributed by atoms with Crippen LogP contribution in [0.25, 0.3) is 22.0 Å². The lowest BCUT2D eigenvalue weighted by Gasteiger charge is -2.16. The van der Waals surface area contributed by atoms with Crippen LogP contribution in [-0.4, -0.2) is 34.7 Å². The summed E-state index contributed by atoms with van der Waals surface area (Å²) in [5, 5.41) is 14.5. The SMILES string of the molecule is CCc1ccc2nc(OC(=O)NC)nc(NC3=NN=C(C)C3)c2c1-c1ccc(F)cc1. The van der Waals surface area contributed by atoms with Gasteiger partial charge in [0.15, 0.2) is 0 Å². The van der Waals surface area contributed by atoms with Crippen LogP contribution < -0.4 is 15.4 Å². The minimum atomic E-state index is -0.674. The topological polar surface area (TPSA) is 101 Å². The van der Waals surface area contributed by atoms with Crippen LogP contribution in [0.4, 0.5) is 15.0 Å². The Bertz CT molecular complexity index is 1220. The molecule has 0 fully saturated rings. The molecule has 4 rings (SSSR count). The first kappa shape index (κ1) is 20.4. The summed E-state index contributed by atoms with van der Waals surface area (Å²) in [7, 11) is 1.45. The highest BCUT2D eigenvalue weighted by molar-refractivity contribution is 6.14. The van der Waals surface area contributed by atoms with Crippen molar-refractivity contribution in [3.63, 3.8) is 0 Å². The number of benzene rings is 2. The first-order valence-electron chi connectivity index (χ1n) is 9.84. The molecule has 0 radical (unpaired) electrons. The Morgan fingerprint density at radius 3 is 2.55 bits per heavy atom. The molecule has 0 aliphatic carbocycles. The van der Waals surface area contributed by atoms with Crippen LogP contribution in [0.5, 0.6) is 6.01 Å². The van der Waals surface area contributed by atoms with Gasteiger partial charge in [0.1, 0.15) is 17.5 Å². The average Bonchev–Trinajstić information content (AvgIpc) is 3.18. The molecule has 0 atom stereocenters. The maximum atomic E-state index is 13.6.